The molecule has 4 nitrogen and oxygen atoms in total. The van der Waals surface area contributed by atoms with Gasteiger partial charge in [0.05, 0.1) is 6.42 Å². The normalized spacial score (nSPS) is 10.4. The van der Waals surface area contributed by atoms with Crippen LogP contribution < -0.4 is 10.1 Å². The number of pyridine rings is 1. The number of aromatic nitrogens is 1. The number of amides is 1. The monoisotopic (exact) mass is 354 g/mol. The quantitative estimate of drug-likeness (QED) is 0.728. The van der Waals surface area contributed by atoms with Crippen LogP contribution in [0.15, 0.2) is 66.9 Å². The van der Waals surface area contributed by atoms with Crippen LogP contribution in [-0.2, 0) is 17.8 Å². The lowest BCUT2D eigenvalue weighted by Gasteiger charge is -2.11. The maximum Gasteiger partial charge on any atom is 0.224 e. The van der Waals surface area contributed by atoms with Crippen molar-refractivity contribution in [3.8, 4) is 11.6 Å². The molecule has 1 amide bonds. The van der Waals surface area contributed by atoms with E-state index in [4.69, 9.17) is 4.74 Å². The lowest BCUT2D eigenvalue weighted by atomic mass is 10.1. The fourth-order valence-electron chi connectivity index (χ4n) is 2.36. The van der Waals surface area contributed by atoms with Gasteiger partial charge in [0.15, 0.2) is 0 Å². The minimum absolute atomic E-state index is 0.0625. The van der Waals surface area contributed by atoms with Crippen molar-refractivity contribution in [2.24, 2.45) is 0 Å². The fourth-order valence-corrected chi connectivity index (χ4v) is 2.36. The van der Waals surface area contributed by atoms with Gasteiger partial charge in [0, 0.05) is 24.4 Å². The zero-order valence-corrected chi connectivity index (χ0v) is 13.8. The topological polar surface area (TPSA) is 51.2 Å². The van der Waals surface area contributed by atoms with Crippen molar-refractivity contribution < 1.29 is 18.3 Å². The van der Waals surface area contributed by atoms with Crippen LogP contribution in [-0.4, -0.2) is 10.9 Å². The first-order valence-electron chi connectivity index (χ1n) is 7.99. The van der Waals surface area contributed by atoms with Gasteiger partial charge in [-0.2, -0.15) is 0 Å². The van der Waals surface area contributed by atoms with Gasteiger partial charge in [-0.1, -0.05) is 30.3 Å². The second kappa shape index (κ2) is 8.20. The molecular formula is C20H16F2N2O2. The van der Waals surface area contributed by atoms with Gasteiger partial charge in [-0.15, -0.1) is 0 Å². The molecule has 6 heteroatoms. The van der Waals surface area contributed by atoms with Crippen LogP contribution in [0.2, 0.25) is 0 Å². The molecule has 0 aliphatic heterocycles. The second-order valence-electron chi connectivity index (χ2n) is 5.57. The van der Waals surface area contributed by atoms with E-state index in [2.05, 4.69) is 10.3 Å². The van der Waals surface area contributed by atoms with Crippen molar-refractivity contribution in [3.63, 3.8) is 0 Å². The third-order valence-corrected chi connectivity index (χ3v) is 3.65. The van der Waals surface area contributed by atoms with Crippen LogP contribution in [0.5, 0.6) is 11.6 Å². The predicted octanol–water partition coefficient (Wildman–Crippen LogP) is 4.01. The molecule has 0 saturated carbocycles. The Labute approximate surface area is 149 Å². The molecule has 26 heavy (non-hydrogen) atoms. The van der Waals surface area contributed by atoms with Crippen LogP contribution in [0.1, 0.15) is 11.1 Å². The summed E-state index contributed by atoms with van der Waals surface area (Å²) in [6, 6.07) is 15.3. The number of carbonyl (C=O) groups excluding carboxylic acids is 1. The number of carbonyl (C=O) groups is 1. The van der Waals surface area contributed by atoms with E-state index in [1.165, 1.54) is 24.3 Å². The zero-order valence-electron chi connectivity index (χ0n) is 13.8. The van der Waals surface area contributed by atoms with Gasteiger partial charge >= 0.3 is 0 Å². The first-order valence-corrected chi connectivity index (χ1v) is 7.99. The minimum Gasteiger partial charge on any atom is -0.439 e. The zero-order chi connectivity index (χ0) is 18.4. The standard InChI is InChI=1S/C20H16F2N2O2/c21-16-7-3-8-17(12-16)26-20-15(6-4-10-23-20)13-24-19(25)11-14-5-1-2-9-18(14)22/h1-10,12H,11,13H2,(H,24,25). The Morgan fingerprint density at radius 2 is 1.81 bits per heavy atom. The Kier molecular flexibility index (Phi) is 5.53. The van der Waals surface area contributed by atoms with Crippen LogP contribution in [0.3, 0.4) is 0 Å². The average molecular weight is 354 g/mol. The van der Waals surface area contributed by atoms with Gasteiger partial charge in [-0.3, -0.25) is 4.79 Å². The molecule has 0 unspecified atom stereocenters. The molecular weight excluding hydrogens is 338 g/mol. The third-order valence-electron chi connectivity index (χ3n) is 3.65. The number of hydrogen-bond acceptors (Lipinski definition) is 3. The first kappa shape index (κ1) is 17.5. The van der Waals surface area contributed by atoms with E-state index in [0.717, 1.165) is 0 Å². The molecule has 1 N–H and O–H groups in total. The molecule has 0 bridgehead atoms. The summed E-state index contributed by atoms with van der Waals surface area (Å²) in [5, 5.41) is 2.71. The predicted molar refractivity (Wildman–Crippen MR) is 92.7 cm³/mol. The van der Waals surface area contributed by atoms with Gasteiger partial charge < -0.3 is 10.1 Å². The van der Waals surface area contributed by atoms with Crippen molar-refractivity contribution in [3.05, 3.63) is 89.6 Å². The molecule has 0 aliphatic carbocycles. The van der Waals surface area contributed by atoms with E-state index in [1.54, 1.807) is 42.6 Å². The first-order chi connectivity index (χ1) is 12.6. The Balaban J connectivity index is 1.65. The van der Waals surface area contributed by atoms with E-state index in [0.29, 0.717) is 16.9 Å². The SMILES string of the molecule is O=C(Cc1ccccc1F)NCc1cccnc1Oc1cccc(F)c1. The van der Waals surface area contributed by atoms with E-state index in [1.807, 2.05) is 0 Å². The Morgan fingerprint density at radius 1 is 1.00 bits per heavy atom. The maximum absolute atomic E-state index is 13.6. The number of hydrogen-bond donors (Lipinski definition) is 1. The molecule has 0 atom stereocenters. The van der Waals surface area contributed by atoms with Crippen molar-refractivity contribution in [2.75, 3.05) is 0 Å². The van der Waals surface area contributed by atoms with Gasteiger partial charge in [0.2, 0.25) is 11.8 Å². The van der Waals surface area contributed by atoms with Crippen LogP contribution >= 0.6 is 0 Å². The van der Waals surface area contributed by atoms with Crippen molar-refractivity contribution in [1.82, 2.24) is 10.3 Å². The number of nitrogens with one attached hydrogen (secondary N) is 1. The van der Waals surface area contributed by atoms with E-state index in [9.17, 15) is 13.6 Å². The lowest BCUT2D eigenvalue weighted by molar-refractivity contribution is -0.120. The summed E-state index contributed by atoms with van der Waals surface area (Å²) in [7, 11) is 0. The van der Waals surface area contributed by atoms with Gasteiger partial charge in [0.1, 0.15) is 17.4 Å². The van der Waals surface area contributed by atoms with Crippen LogP contribution in [0.4, 0.5) is 8.78 Å². The molecule has 0 saturated heterocycles. The molecule has 0 radical (unpaired) electrons. The van der Waals surface area contributed by atoms with E-state index in [-0.39, 0.29) is 24.8 Å². The number of rotatable bonds is 6. The number of ether oxygens (including phenoxy) is 1. The molecule has 3 aromatic rings. The molecule has 2 aromatic carbocycles. The summed E-state index contributed by atoms with van der Waals surface area (Å²) in [6.45, 7) is 0.159. The van der Waals surface area contributed by atoms with Crippen molar-refractivity contribution >= 4 is 5.91 Å². The molecule has 3 rings (SSSR count). The summed E-state index contributed by atoms with van der Waals surface area (Å²) in [6.07, 6.45) is 1.48. The number of halogens is 2. The minimum atomic E-state index is -0.418. The molecule has 0 spiro atoms. The van der Waals surface area contributed by atoms with E-state index < -0.39 is 11.6 Å². The van der Waals surface area contributed by atoms with Crippen molar-refractivity contribution in [2.45, 2.75) is 13.0 Å². The summed E-state index contributed by atoms with van der Waals surface area (Å²) in [4.78, 5) is 16.2. The highest BCUT2D eigenvalue weighted by atomic mass is 19.1. The smallest absolute Gasteiger partial charge is 0.224 e. The molecule has 0 fully saturated rings. The summed E-state index contributed by atoms with van der Waals surface area (Å²) in [5.41, 5.74) is 0.950. The highest BCUT2D eigenvalue weighted by Gasteiger charge is 2.11. The fraction of sp³-hybridized carbons (Fsp3) is 0.100. The second-order valence-corrected chi connectivity index (χ2v) is 5.57. The van der Waals surface area contributed by atoms with Gasteiger partial charge in [-0.05, 0) is 29.8 Å². The van der Waals surface area contributed by atoms with Crippen LogP contribution in [0, 0.1) is 11.6 Å². The lowest BCUT2D eigenvalue weighted by Crippen LogP contribution is -2.25. The Morgan fingerprint density at radius 3 is 2.62 bits per heavy atom. The average Bonchev–Trinajstić information content (AvgIpc) is 2.63. The molecule has 1 heterocycles. The summed E-state index contributed by atoms with van der Waals surface area (Å²) >= 11 is 0. The highest BCUT2D eigenvalue weighted by molar-refractivity contribution is 5.78. The number of benzene rings is 2. The maximum atomic E-state index is 13.6. The van der Waals surface area contributed by atoms with Crippen molar-refractivity contribution in [1.29, 1.82) is 0 Å². The number of nitrogens with zero attached hydrogens (tertiary/aromatic N) is 1. The Bertz CT molecular complexity index is 916. The molecule has 0 aliphatic rings. The van der Waals surface area contributed by atoms with Gasteiger partial charge in [0.25, 0.3) is 0 Å². The van der Waals surface area contributed by atoms with E-state index >= 15 is 0 Å². The molecule has 1 aromatic heterocycles. The largest absolute Gasteiger partial charge is 0.439 e. The summed E-state index contributed by atoms with van der Waals surface area (Å²) in [5.74, 6) is -0.583. The third kappa shape index (κ3) is 4.63. The summed E-state index contributed by atoms with van der Waals surface area (Å²) < 4.78 is 32.5. The van der Waals surface area contributed by atoms with Gasteiger partial charge in [-0.25, -0.2) is 13.8 Å². The van der Waals surface area contributed by atoms with Crippen LogP contribution in [0.25, 0.3) is 0 Å². The highest BCUT2D eigenvalue weighted by Crippen LogP contribution is 2.23. The Hall–Kier alpha value is -3.28. The molecule has 132 valence electrons.